The first-order valence-corrected chi connectivity index (χ1v) is 11.6. The fourth-order valence-electron chi connectivity index (χ4n) is 6.29. The molecule has 2 heterocycles. The normalized spacial score (nSPS) is 34.9. The number of hydrogen-bond donors (Lipinski definition) is 3. The number of piperidine rings is 1. The van der Waals surface area contributed by atoms with Crippen molar-refractivity contribution in [1.82, 2.24) is 10.6 Å². The molecule has 1 amide bonds. The molecule has 1 aliphatic carbocycles. The third kappa shape index (κ3) is 4.63. The second-order valence-electron chi connectivity index (χ2n) is 10.8. The van der Waals surface area contributed by atoms with E-state index in [9.17, 15) is 14.7 Å². The van der Waals surface area contributed by atoms with Gasteiger partial charge >= 0.3 is 5.97 Å². The monoisotopic (exact) mass is 408 g/mol. The summed E-state index contributed by atoms with van der Waals surface area (Å²) >= 11 is 0. The first kappa shape index (κ1) is 22.5. The number of amides is 1. The van der Waals surface area contributed by atoms with E-state index in [-0.39, 0.29) is 5.91 Å². The summed E-state index contributed by atoms with van der Waals surface area (Å²) in [5, 5.41) is 16.8. The summed E-state index contributed by atoms with van der Waals surface area (Å²) in [4.78, 5) is 25.8. The SMILES string of the molecule is CC1(C)CC2(OC3(CCCCCCCCCCC3)NC2=O)C(C(=O)O)C(C)(C)N1. The van der Waals surface area contributed by atoms with Gasteiger partial charge in [0.2, 0.25) is 0 Å². The number of carboxylic acids is 1. The first-order chi connectivity index (χ1) is 13.5. The van der Waals surface area contributed by atoms with Crippen molar-refractivity contribution in [3.8, 4) is 0 Å². The van der Waals surface area contributed by atoms with E-state index in [0.29, 0.717) is 6.42 Å². The maximum Gasteiger partial charge on any atom is 0.311 e. The lowest BCUT2D eigenvalue weighted by atomic mass is 9.64. The number of ether oxygens (including phenoxy) is 1. The maximum absolute atomic E-state index is 13.5. The van der Waals surface area contributed by atoms with Gasteiger partial charge in [0, 0.05) is 17.5 Å². The fourth-order valence-corrected chi connectivity index (χ4v) is 6.29. The third-order valence-electron chi connectivity index (χ3n) is 7.06. The highest BCUT2D eigenvalue weighted by atomic mass is 16.6. The second-order valence-corrected chi connectivity index (χ2v) is 10.8. The molecule has 0 aromatic carbocycles. The Balaban J connectivity index is 1.92. The molecule has 2 unspecified atom stereocenters. The van der Waals surface area contributed by atoms with E-state index in [2.05, 4.69) is 10.6 Å². The molecule has 3 N–H and O–H groups in total. The maximum atomic E-state index is 13.5. The van der Waals surface area contributed by atoms with Gasteiger partial charge in [-0.3, -0.25) is 9.59 Å². The van der Waals surface area contributed by atoms with E-state index in [4.69, 9.17) is 4.74 Å². The minimum absolute atomic E-state index is 0.236. The molecule has 29 heavy (non-hydrogen) atoms. The van der Waals surface area contributed by atoms with Crippen LogP contribution in [0.25, 0.3) is 0 Å². The van der Waals surface area contributed by atoms with Crippen LogP contribution in [0.3, 0.4) is 0 Å². The lowest BCUT2D eigenvalue weighted by Crippen LogP contribution is -2.73. The van der Waals surface area contributed by atoms with Crippen LogP contribution in [0, 0.1) is 5.92 Å². The molecular weight excluding hydrogens is 368 g/mol. The average molecular weight is 409 g/mol. The van der Waals surface area contributed by atoms with Gasteiger partial charge in [0.25, 0.3) is 5.91 Å². The van der Waals surface area contributed by atoms with Gasteiger partial charge in [-0.25, -0.2) is 0 Å². The molecule has 166 valence electrons. The Hall–Kier alpha value is -1.14. The Morgan fingerprint density at radius 2 is 1.41 bits per heavy atom. The van der Waals surface area contributed by atoms with Gasteiger partial charge in [-0.2, -0.15) is 0 Å². The number of rotatable bonds is 1. The fraction of sp³-hybridized carbons (Fsp3) is 0.913. The molecule has 2 spiro atoms. The van der Waals surface area contributed by atoms with E-state index in [1.807, 2.05) is 27.7 Å². The molecule has 2 aliphatic heterocycles. The van der Waals surface area contributed by atoms with E-state index in [1.54, 1.807) is 0 Å². The summed E-state index contributed by atoms with van der Waals surface area (Å²) in [7, 11) is 0. The molecule has 2 atom stereocenters. The number of aliphatic carboxylic acids is 1. The minimum Gasteiger partial charge on any atom is -0.481 e. The molecule has 0 radical (unpaired) electrons. The van der Waals surface area contributed by atoms with Gasteiger partial charge in [0.1, 0.15) is 11.6 Å². The predicted molar refractivity (Wildman–Crippen MR) is 113 cm³/mol. The van der Waals surface area contributed by atoms with Gasteiger partial charge in [0.05, 0.1) is 0 Å². The van der Waals surface area contributed by atoms with Crippen LogP contribution in [0.4, 0.5) is 0 Å². The third-order valence-corrected chi connectivity index (χ3v) is 7.06. The first-order valence-electron chi connectivity index (χ1n) is 11.6. The molecule has 6 nitrogen and oxygen atoms in total. The minimum atomic E-state index is -1.33. The van der Waals surface area contributed by atoms with Crippen LogP contribution in [0.15, 0.2) is 0 Å². The number of carboxylic acid groups (broad SMARTS) is 1. The molecule has 0 aromatic heterocycles. The Labute approximate surface area is 175 Å². The van der Waals surface area contributed by atoms with Crippen molar-refractivity contribution in [2.24, 2.45) is 5.92 Å². The predicted octanol–water partition coefficient (Wildman–Crippen LogP) is 4.12. The molecule has 3 aliphatic rings. The summed E-state index contributed by atoms with van der Waals surface area (Å²) in [5.41, 5.74) is -3.22. The highest BCUT2D eigenvalue weighted by Gasteiger charge is 2.68. The van der Waals surface area contributed by atoms with Crippen LogP contribution in [0.1, 0.15) is 105 Å². The Bertz CT molecular complexity index is 618. The van der Waals surface area contributed by atoms with E-state index in [0.717, 1.165) is 38.5 Å². The standard InChI is InChI=1S/C23H40N2O4/c1-20(2)16-23(17(18(26)27)21(3,4)25-20)19(28)24-22(29-23)14-12-10-8-6-5-7-9-11-13-15-22/h17,25H,5-16H2,1-4H3,(H,24,28)(H,26,27). The van der Waals surface area contributed by atoms with Crippen molar-refractivity contribution >= 4 is 11.9 Å². The van der Waals surface area contributed by atoms with Crippen LogP contribution >= 0.6 is 0 Å². The zero-order chi connectivity index (χ0) is 21.3. The molecule has 1 saturated carbocycles. The van der Waals surface area contributed by atoms with Crippen LogP contribution < -0.4 is 10.6 Å². The zero-order valence-electron chi connectivity index (χ0n) is 18.7. The molecule has 6 heteroatoms. The largest absolute Gasteiger partial charge is 0.481 e. The molecule has 2 saturated heterocycles. The molecule has 3 fully saturated rings. The summed E-state index contributed by atoms with van der Waals surface area (Å²) in [5.74, 6) is -2.15. The molecule has 0 bridgehead atoms. The molecule has 3 rings (SSSR count). The number of carbonyl (C=O) groups excluding carboxylic acids is 1. The van der Waals surface area contributed by atoms with Gasteiger partial charge in [-0.05, 0) is 53.4 Å². The second kappa shape index (κ2) is 8.18. The van der Waals surface area contributed by atoms with Gasteiger partial charge < -0.3 is 20.5 Å². The molecule has 0 aromatic rings. The van der Waals surface area contributed by atoms with Crippen LogP contribution in [-0.2, 0) is 14.3 Å². The Kier molecular flexibility index (Phi) is 6.36. The smallest absolute Gasteiger partial charge is 0.311 e. The van der Waals surface area contributed by atoms with Crippen molar-refractivity contribution in [2.45, 2.75) is 127 Å². The van der Waals surface area contributed by atoms with E-state index < -0.39 is 34.3 Å². The van der Waals surface area contributed by atoms with Crippen molar-refractivity contribution in [3.05, 3.63) is 0 Å². The Morgan fingerprint density at radius 1 is 0.931 bits per heavy atom. The topological polar surface area (TPSA) is 87.7 Å². The highest BCUT2D eigenvalue weighted by molar-refractivity contribution is 5.94. The van der Waals surface area contributed by atoms with Gasteiger partial charge in [-0.1, -0.05) is 44.9 Å². The summed E-state index contributed by atoms with van der Waals surface area (Å²) < 4.78 is 6.70. The summed E-state index contributed by atoms with van der Waals surface area (Å²) in [6.07, 6.45) is 12.5. The van der Waals surface area contributed by atoms with Gasteiger partial charge in [-0.15, -0.1) is 0 Å². The van der Waals surface area contributed by atoms with Gasteiger partial charge in [0.15, 0.2) is 5.60 Å². The van der Waals surface area contributed by atoms with Crippen LogP contribution in [0.2, 0.25) is 0 Å². The van der Waals surface area contributed by atoms with Crippen molar-refractivity contribution in [1.29, 1.82) is 0 Å². The number of carbonyl (C=O) groups is 2. The number of hydrogen-bond acceptors (Lipinski definition) is 4. The summed E-state index contributed by atoms with van der Waals surface area (Å²) in [6.45, 7) is 7.79. The lowest BCUT2D eigenvalue weighted by molar-refractivity contribution is -0.200. The van der Waals surface area contributed by atoms with Crippen molar-refractivity contribution in [2.75, 3.05) is 0 Å². The summed E-state index contributed by atoms with van der Waals surface area (Å²) in [6, 6.07) is 0. The zero-order valence-corrected chi connectivity index (χ0v) is 18.7. The quantitative estimate of drug-likeness (QED) is 0.607. The van der Waals surface area contributed by atoms with E-state index >= 15 is 0 Å². The van der Waals surface area contributed by atoms with Crippen LogP contribution in [-0.4, -0.2) is 39.4 Å². The number of nitrogens with one attached hydrogen (secondary N) is 2. The van der Waals surface area contributed by atoms with Crippen molar-refractivity contribution in [3.63, 3.8) is 0 Å². The van der Waals surface area contributed by atoms with Crippen molar-refractivity contribution < 1.29 is 19.4 Å². The lowest BCUT2D eigenvalue weighted by Gasteiger charge is -2.53. The highest BCUT2D eigenvalue weighted by Crippen LogP contribution is 2.50. The average Bonchev–Trinajstić information content (AvgIpc) is 2.80. The molecular formula is C23H40N2O4. The van der Waals surface area contributed by atoms with Crippen LogP contribution in [0.5, 0.6) is 0 Å². The van der Waals surface area contributed by atoms with E-state index in [1.165, 1.54) is 32.1 Å². The Morgan fingerprint density at radius 3 is 1.90 bits per heavy atom.